The summed E-state index contributed by atoms with van der Waals surface area (Å²) < 4.78 is 10.3. The topological polar surface area (TPSA) is 93.2 Å². The number of H-pyrrole nitrogens is 1. The summed E-state index contributed by atoms with van der Waals surface area (Å²) in [5.41, 5.74) is 1.78. The standard InChI is InChI=1S/C15H17N5O3/c21-14-22-10-15(23-14)5-7-20(8-6-15)9-11-1-3-12(4-2-11)13-16-18-19-17-13/h1-4H,5-10H2,(H,16,17,18,19). The molecule has 8 nitrogen and oxygen atoms in total. The Morgan fingerprint density at radius 1 is 1.22 bits per heavy atom. The number of cyclic esters (lactones) is 1. The number of ether oxygens (including phenoxy) is 2. The summed E-state index contributed by atoms with van der Waals surface area (Å²) in [6, 6.07) is 8.15. The molecule has 2 aliphatic rings. The largest absolute Gasteiger partial charge is 0.509 e. The molecule has 0 radical (unpaired) electrons. The Morgan fingerprint density at radius 3 is 2.61 bits per heavy atom. The molecule has 120 valence electrons. The first-order valence-corrected chi connectivity index (χ1v) is 7.63. The molecule has 1 aromatic heterocycles. The molecule has 0 aliphatic carbocycles. The van der Waals surface area contributed by atoms with Crippen LogP contribution in [0.1, 0.15) is 18.4 Å². The maximum absolute atomic E-state index is 11.1. The van der Waals surface area contributed by atoms with Crippen LogP contribution in [-0.4, -0.2) is 57.0 Å². The van der Waals surface area contributed by atoms with Crippen LogP contribution in [0.5, 0.6) is 0 Å². The summed E-state index contributed by atoms with van der Waals surface area (Å²) in [5.74, 6) is 0.597. The molecule has 2 saturated heterocycles. The molecule has 2 fully saturated rings. The van der Waals surface area contributed by atoms with E-state index in [9.17, 15) is 4.79 Å². The van der Waals surface area contributed by atoms with Gasteiger partial charge in [0.05, 0.1) is 0 Å². The second-order valence-corrected chi connectivity index (χ2v) is 6.03. The molecule has 0 unspecified atom stereocenters. The highest BCUT2D eigenvalue weighted by Gasteiger charge is 2.44. The molecule has 0 saturated carbocycles. The van der Waals surface area contributed by atoms with Crippen LogP contribution in [0.25, 0.3) is 11.4 Å². The number of benzene rings is 1. The van der Waals surface area contributed by atoms with Crippen molar-refractivity contribution in [1.82, 2.24) is 25.5 Å². The lowest BCUT2D eigenvalue weighted by Crippen LogP contribution is -2.45. The SMILES string of the molecule is O=C1OCC2(CCN(Cc3ccc(-c4nn[nH]n4)cc3)CC2)O1. The van der Waals surface area contributed by atoms with Gasteiger partial charge in [-0.05, 0) is 10.8 Å². The van der Waals surface area contributed by atoms with Gasteiger partial charge in [0, 0.05) is 38.0 Å². The number of carbonyl (C=O) groups is 1. The maximum Gasteiger partial charge on any atom is 0.509 e. The number of hydrogen-bond donors (Lipinski definition) is 1. The molecule has 2 aliphatic heterocycles. The smallest absolute Gasteiger partial charge is 0.430 e. The Balaban J connectivity index is 1.35. The number of carbonyl (C=O) groups excluding carboxylic acids is 1. The fourth-order valence-electron chi connectivity index (χ4n) is 3.09. The molecule has 3 heterocycles. The highest BCUT2D eigenvalue weighted by atomic mass is 16.8. The first-order chi connectivity index (χ1) is 11.2. The average Bonchev–Trinajstić information content (AvgIpc) is 3.21. The molecule has 23 heavy (non-hydrogen) atoms. The Kier molecular flexibility index (Phi) is 3.45. The minimum Gasteiger partial charge on any atom is -0.430 e. The van der Waals surface area contributed by atoms with Crippen molar-refractivity contribution in [3.8, 4) is 11.4 Å². The molecule has 2 aromatic rings. The van der Waals surface area contributed by atoms with E-state index in [0.29, 0.717) is 12.4 Å². The van der Waals surface area contributed by atoms with Gasteiger partial charge in [-0.1, -0.05) is 24.3 Å². The van der Waals surface area contributed by atoms with E-state index in [0.717, 1.165) is 38.0 Å². The third-order valence-corrected chi connectivity index (χ3v) is 4.48. The quantitative estimate of drug-likeness (QED) is 0.855. The minimum absolute atomic E-state index is 0.388. The van der Waals surface area contributed by atoms with Crippen LogP contribution in [0, 0.1) is 0 Å². The number of hydrogen-bond acceptors (Lipinski definition) is 7. The summed E-state index contributed by atoms with van der Waals surface area (Å²) in [5, 5.41) is 14.0. The van der Waals surface area contributed by atoms with E-state index in [2.05, 4.69) is 37.7 Å². The van der Waals surface area contributed by atoms with Gasteiger partial charge < -0.3 is 9.47 Å². The third-order valence-electron chi connectivity index (χ3n) is 4.48. The minimum atomic E-state index is -0.532. The Hall–Kier alpha value is -2.48. The zero-order valence-corrected chi connectivity index (χ0v) is 12.6. The number of tetrazole rings is 1. The fraction of sp³-hybridized carbons (Fsp3) is 0.467. The number of aromatic amines is 1. The van der Waals surface area contributed by atoms with E-state index in [1.165, 1.54) is 5.56 Å². The van der Waals surface area contributed by atoms with Crippen LogP contribution in [0.2, 0.25) is 0 Å². The van der Waals surface area contributed by atoms with Crippen molar-refractivity contribution in [2.75, 3.05) is 19.7 Å². The lowest BCUT2D eigenvalue weighted by atomic mass is 9.92. The number of nitrogens with one attached hydrogen (secondary N) is 1. The molecule has 0 atom stereocenters. The summed E-state index contributed by atoms with van der Waals surface area (Å²) >= 11 is 0. The molecule has 1 aromatic carbocycles. The zero-order chi connectivity index (χ0) is 15.7. The summed E-state index contributed by atoms with van der Waals surface area (Å²) in [6.45, 7) is 3.04. The van der Waals surface area contributed by atoms with Crippen LogP contribution in [-0.2, 0) is 16.0 Å². The number of aromatic nitrogens is 4. The summed E-state index contributed by atoms with van der Waals surface area (Å²) in [7, 11) is 0. The number of likely N-dealkylation sites (tertiary alicyclic amines) is 1. The van der Waals surface area contributed by atoms with Crippen molar-refractivity contribution >= 4 is 6.16 Å². The van der Waals surface area contributed by atoms with Gasteiger partial charge in [-0.15, -0.1) is 10.2 Å². The summed E-state index contributed by atoms with van der Waals surface area (Å²) in [6.07, 6.45) is 1.11. The van der Waals surface area contributed by atoms with Crippen molar-refractivity contribution in [1.29, 1.82) is 0 Å². The molecule has 8 heteroatoms. The van der Waals surface area contributed by atoms with E-state index >= 15 is 0 Å². The highest BCUT2D eigenvalue weighted by molar-refractivity contribution is 5.62. The van der Waals surface area contributed by atoms with Crippen LogP contribution in [0.3, 0.4) is 0 Å². The van der Waals surface area contributed by atoms with Gasteiger partial charge in [-0.3, -0.25) is 4.90 Å². The fourth-order valence-corrected chi connectivity index (χ4v) is 3.09. The van der Waals surface area contributed by atoms with E-state index in [-0.39, 0.29) is 0 Å². The van der Waals surface area contributed by atoms with Gasteiger partial charge in [0.2, 0.25) is 5.82 Å². The lowest BCUT2D eigenvalue weighted by Gasteiger charge is -2.36. The average molecular weight is 315 g/mol. The van der Waals surface area contributed by atoms with Crippen LogP contribution < -0.4 is 0 Å². The van der Waals surface area contributed by atoms with E-state index < -0.39 is 11.8 Å². The maximum atomic E-state index is 11.1. The van der Waals surface area contributed by atoms with Crippen LogP contribution >= 0.6 is 0 Å². The number of piperidine rings is 1. The van der Waals surface area contributed by atoms with Crippen molar-refractivity contribution in [3.05, 3.63) is 29.8 Å². The van der Waals surface area contributed by atoms with Gasteiger partial charge in [-0.25, -0.2) is 4.79 Å². The predicted molar refractivity (Wildman–Crippen MR) is 79.3 cm³/mol. The van der Waals surface area contributed by atoms with Crippen molar-refractivity contribution in [3.63, 3.8) is 0 Å². The Labute approximate surface area is 132 Å². The first-order valence-electron chi connectivity index (χ1n) is 7.63. The summed E-state index contributed by atoms with van der Waals surface area (Å²) in [4.78, 5) is 13.5. The van der Waals surface area contributed by atoms with Crippen LogP contribution in [0.15, 0.2) is 24.3 Å². The molecular weight excluding hydrogens is 298 g/mol. The monoisotopic (exact) mass is 315 g/mol. The Bertz CT molecular complexity index is 678. The van der Waals surface area contributed by atoms with E-state index in [1.54, 1.807) is 0 Å². The molecule has 1 N–H and O–H groups in total. The van der Waals surface area contributed by atoms with Crippen molar-refractivity contribution in [2.24, 2.45) is 0 Å². The third kappa shape index (κ3) is 2.89. The van der Waals surface area contributed by atoms with Gasteiger partial charge in [0.1, 0.15) is 6.61 Å². The first kappa shape index (κ1) is 14.1. The van der Waals surface area contributed by atoms with E-state index in [4.69, 9.17) is 9.47 Å². The van der Waals surface area contributed by atoms with Gasteiger partial charge in [0.25, 0.3) is 0 Å². The molecule has 0 amide bonds. The number of nitrogens with zero attached hydrogens (tertiary/aromatic N) is 4. The number of rotatable bonds is 3. The van der Waals surface area contributed by atoms with Gasteiger partial charge >= 0.3 is 6.16 Å². The zero-order valence-electron chi connectivity index (χ0n) is 12.6. The van der Waals surface area contributed by atoms with Crippen molar-refractivity contribution in [2.45, 2.75) is 25.0 Å². The van der Waals surface area contributed by atoms with Gasteiger partial charge in [-0.2, -0.15) is 5.21 Å². The highest BCUT2D eigenvalue weighted by Crippen LogP contribution is 2.32. The lowest BCUT2D eigenvalue weighted by molar-refractivity contribution is -0.00163. The molecule has 1 spiro atoms. The Morgan fingerprint density at radius 2 is 2.00 bits per heavy atom. The molecule has 0 bridgehead atoms. The molecule has 4 rings (SSSR count). The van der Waals surface area contributed by atoms with E-state index in [1.807, 2.05) is 12.1 Å². The second-order valence-electron chi connectivity index (χ2n) is 6.03. The normalized spacial score (nSPS) is 20.4. The van der Waals surface area contributed by atoms with Crippen molar-refractivity contribution < 1.29 is 14.3 Å². The second kappa shape index (κ2) is 5.62. The predicted octanol–water partition coefficient (Wildman–Crippen LogP) is 1.37. The van der Waals surface area contributed by atoms with Crippen LogP contribution in [0.4, 0.5) is 4.79 Å². The van der Waals surface area contributed by atoms with Gasteiger partial charge in [0.15, 0.2) is 5.60 Å². The molecular formula is C15H17N5O3.